The molecule has 2 nitrogen and oxygen atoms in total. The van der Waals surface area contributed by atoms with Gasteiger partial charge in [-0.2, -0.15) is 0 Å². The first-order valence-corrected chi connectivity index (χ1v) is 6.56. The van der Waals surface area contributed by atoms with Crippen molar-refractivity contribution in [1.82, 2.24) is 0 Å². The second kappa shape index (κ2) is 4.61. The molecule has 0 aliphatic heterocycles. The number of benzene rings is 1. The molecule has 0 aliphatic rings. The van der Waals surface area contributed by atoms with Gasteiger partial charge in [0.1, 0.15) is 6.10 Å². The highest BCUT2D eigenvalue weighted by Gasteiger charge is 2.19. The third-order valence-electron chi connectivity index (χ3n) is 2.26. The maximum atomic E-state index is 9.82. The topological polar surface area (TPSA) is 40.5 Å². The van der Waals surface area contributed by atoms with Gasteiger partial charge in [0, 0.05) is 14.9 Å². The Morgan fingerprint density at radius 3 is 2.67 bits per heavy atom. The molecule has 2 rings (SSSR count). The van der Waals surface area contributed by atoms with E-state index in [0.29, 0.717) is 5.33 Å². The molecule has 15 heavy (non-hydrogen) atoms. The van der Waals surface area contributed by atoms with Crippen LogP contribution in [0.15, 0.2) is 30.3 Å². The van der Waals surface area contributed by atoms with E-state index < -0.39 is 12.2 Å². The standard InChI is InChI=1S/C11H11BrO2S/c12-6-8(13)11(14)10-5-7-3-1-2-4-9(7)15-10/h1-5,8,11,13-14H,6H2. The molecule has 0 bridgehead atoms. The Hall–Kier alpha value is -0.420. The minimum Gasteiger partial charge on any atom is -0.389 e. The summed E-state index contributed by atoms with van der Waals surface area (Å²) in [6, 6.07) is 9.87. The summed E-state index contributed by atoms with van der Waals surface area (Å²) in [5.41, 5.74) is 0. The number of alkyl halides is 1. The van der Waals surface area contributed by atoms with Gasteiger partial charge in [0.25, 0.3) is 0 Å². The van der Waals surface area contributed by atoms with E-state index in [0.717, 1.165) is 15.0 Å². The number of hydrogen-bond acceptors (Lipinski definition) is 3. The van der Waals surface area contributed by atoms with E-state index in [9.17, 15) is 10.2 Å². The fourth-order valence-electron chi connectivity index (χ4n) is 1.42. The molecular weight excluding hydrogens is 276 g/mol. The summed E-state index contributed by atoms with van der Waals surface area (Å²) in [5, 5.41) is 20.8. The number of fused-ring (bicyclic) bond motifs is 1. The predicted octanol–water partition coefficient (Wildman–Crippen LogP) is 2.69. The second-order valence-electron chi connectivity index (χ2n) is 3.35. The quantitative estimate of drug-likeness (QED) is 0.852. The smallest absolute Gasteiger partial charge is 0.115 e. The van der Waals surface area contributed by atoms with Crippen LogP contribution < -0.4 is 0 Å². The molecule has 2 atom stereocenters. The first kappa shape index (κ1) is 11.1. The highest BCUT2D eigenvalue weighted by Crippen LogP contribution is 2.31. The fraction of sp³-hybridized carbons (Fsp3) is 0.273. The molecule has 0 aliphatic carbocycles. The number of aliphatic hydroxyl groups is 2. The van der Waals surface area contributed by atoms with E-state index in [-0.39, 0.29) is 0 Å². The summed E-state index contributed by atoms with van der Waals surface area (Å²) < 4.78 is 1.13. The minimum absolute atomic E-state index is 0.377. The van der Waals surface area contributed by atoms with Gasteiger partial charge in [-0.15, -0.1) is 11.3 Å². The number of hydrogen-bond donors (Lipinski definition) is 2. The molecule has 2 unspecified atom stereocenters. The normalized spacial score (nSPS) is 15.4. The Labute approximate surface area is 100 Å². The Morgan fingerprint density at radius 1 is 1.27 bits per heavy atom. The maximum Gasteiger partial charge on any atom is 0.115 e. The molecular formula is C11H11BrO2S. The van der Waals surface area contributed by atoms with E-state index >= 15 is 0 Å². The van der Waals surface area contributed by atoms with Crippen molar-refractivity contribution in [1.29, 1.82) is 0 Å². The molecule has 1 aromatic heterocycles. The van der Waals surface area contributed by atoms with Crippen LogP contribution in [0.4, 0.5) is 0 Å². The van der Waals surface area contributed by atoms with Crippen molar-refractivity contribution in [3.8, 4) is 0 Å². The van der Waals surface area contributed by atoms with E-state index in [1.165, 1.54) is 11.3 Å². The predicted molar refractivity (Wildman–Crippen MR) is 66.6 cm³/mol. The van der Waals surface area contributed by atoms with Gasteiger partial charge in [-0.3, -0.25) is 0 Å². The zero-order valence-corrected chi connectivity index (χ0v) is 10.3. The molecule has 1 aromatic carbocycles. The van der Waals surface area contributed by atoms with Crippen molar-refractivity contribution in [2.75, 3.05) is 5.33 Å². The summed E-state index contributed by atoms with van der Waals surface area (Å²) in [6.07, 6.45) is -1.56. The van der Waals surface area contributed by atoms with E-state index in [2.05, 4.69) is 15.9 Å². The second-order valence-corrected chi connectivity index (χ2v) is 5.12. The van der Waals surface area contributed by atoms with Gasteiger partial charge < -0.3 is 10.2 Å². The lowest BCUT2D eigenvalue weighted by Gasteiger charge is -2.12. The van der Waals surface area contributed by atoms with Gasteiger partial charge >= 0.3 is 0 Å². The molecule has 4 heteroatoms. The Balaban J connectivity index is 2.36. The lowest BCUT2D eigenvalue weighted by molar-refractivity contribution is 0.0366. The molecule has 1 heterocycles. The van der Waals surface area contributed by atoms with Gasteiger partial charge in [0.05, 0.1) is 6.10 Å². The van der Waals surface area contributed by atoms with Crippen LogP contribution in [0, 0.1) is 0 Å². The van der Waals surface area contributed by atoms with Gasteiger partial charge in [0.2, 0.25) is 0 Å². The van der Waals surface area contributed by atoms with Crippen LogP contribution in [0.2, 0.25) is 0 Å². The Morgan fingerprint density at radius 2 is 2.00 bits per heavy atom. The van der Waals surface area contributed by atoms with Crippen molar-refractivity contribution in [2.45, 2.75) is 12.2 Å². The molecule has 0 saturated carbocycles. The lowest BCUT2D eigenvalue weighted by atomic mass is 10.2. The highest BCUT2D eigenvalue weighted by atomic mass is 79.9. The van der Waals surface area contributed by atoms with E-state index in [1.54, 1.807) is 0 Å². The van der Waals surface area contributed by atoms with Gasteiger partial charge in [-0.1, -0.05) is 34.1 Å². The number of halogens is 1. The summed E-state index contributed by atoms with van der Waals surface area (Å²) in [7, 11) is 0. The molecule has 0 saturated heterocycles. The minimum atomic E-state index is -0.804. The molecule has 0 radical (unpaired) electrons. The largest absolute Gasteiger partial charge is 0.389 e. The molecule has 80 valence electrons. The van der Waals surface area contributed by atoms with Gasteiger partial charge in [-0.25, -0.2) is 0 Å². The third-order valence-corrected chi connectivity index (χ3v) is 4.11. The first-order chi connectivity index (χ1) is 7.22. The molecule has 0 amide bonds. The lowest BCUT2D eigenvalue weighted by Crippen LogP contribution is -2.18. The van der Waals surface area contributed by atoms with Crippen molar-refractivity contribution in [2.24, 2.45) is 0 Å². The number of aliphatic hydroxyl groups excluding tert-OH is 2. The molecule has 2 aromatic rings. The van der Waals surface area contributed by atoms with E-state index in [1.807, 2.05) is 30.3 Å². The van der Waals surface area contributed by atoms with Crippen LogP contribution >= 0.6 is 27.3 Å². The van der Waals surface area contributed by atoms with Crippen molar-refractivity contribution >= 4 is 37.4 Å². The zero-order valence-electron chi connectivity index (χ0n) is 7.93. The van der Waals surface area contributed by atoms with Crippen LogP contribution in [0.5, 0.6) is 0 Å². The van der Waals surface area contributed by atoms with Gasteiger partial charge in [-0.05, 0) is 17.5 Å². The summed E-state index contributed by atoms with van der Waals surface area (Å²) in [4.78, 5) is 0.808. The van der Waals surface area contributed by atoms with Gasteiger partial charge in [0.15, 0.2) is 0 Å². The van der Waals surface area contributed by atoms with Crippen molar-refractivity contribution < 1.29 is 10.2 Å². The monoisotopic (exact) mass is 286 g/mol. The Bertz CT molecular complexity index is 422. The fourth-order valence-corrected chi connectivity index (χ4v) is 2.89. The molecule has 2 N–H and O–H groups in total. The van der Waals surface area contributed by atoms with E-state index in [4.69, 9.17) is 0 Å². The summed E-state index contributed by atoms with van der Waals surface area (Å²) in [5.74, 6) is 0. The summed E-state index contributed by atoms with van der Waals surface area (Å²) >= 11 is 4.67. The van der Waals surface area contributed by atoms with Crippen LogP contribution in [0.3, 0.4) is 0 Å². The van der Waals surface area contributed by atoms with Crippen LogP contribution in [0.1, 0.15) is 11.0 Å². The zero-order chi connectivity index (χ0) is 10.8. The molecule has 0 spiro atoms. The van der Waals surface area contributed by atoms with Crippen LogP contribution in [0.25, 0.3) is 10.1 Å². The van der Waals surface area contributed by atoms with Crippen molar-refractivity contribution in [3.63, 3.8) is 0 Å². The highest BCUT2D eigenvalue weighted by molar-refractivity contribution is 9.09. The Kier molecular flexibility index (Phi) is 3.41. The van der Waals surface area contributed by atoms with Crippen LogP contribution in [-0.2, 0) is 0 Å². The maximum absolute atomic E-state index is 9.82. The molecule has 0 fully saturated rings. The average Bonchev–Trinajstić information content (AvgIpc) is 2.70. The summed E-state index contributed by atoms with van der Waals surface area (Å²) in [6.45, 7) is 0. The SMILES string of the molecule is OC(CBr)C(O)c1cc2ccccc2s1. The van der Waals surface area contributed by atoms with Crippen molar-refractivity contribution in [3.05, 3.63) is 35.2 Å². The number of thiophene rings is 1. The first-order valence-electron chi connectivity index (χ1n) is 4.63. The number of rotatable bonds is 3. The van der Waals surface area contributed by atoms with Crippen LogP contribution in [-0.4, -0.2) is 21.6 Å². The average molecular weight is 287 g/mol. The third kappa shape index (κ3) is 2.23.